The Balaban J connectivity index is 1.93. The van der Waals surface area contributed by atoms with Crippen LogP contribution < -0.4 is 10.2 Å². The van der Waals surface area contributed by atoms with Crippen LogP contribution in [0.15, 0.2) is 46.9 Å². The minimum atomic E-state index is 0.406. The second-order valence-electron chi connectivity index (χ2n) is 5.84. The van der Waals surface area contributed by atoms with Crippen LogP contribution in [0.2, 0.25) is 0 Å². The van der Waals surface area contributed by atoms with Gasteiger partial charge in [0.1, 0.15) is 0 Å². The number of fused-ring (bicyclic) bond motifs is 1. The van der Waals surface area contributed by atoms with E-state index in [1.165, 1.54) is 41.8 Å². The van der Waals surface area contributed by atoms with E-state index in [9.17, 15) is 0 Å². The number of anilines is 2. The zero-order chi connectivity index (χ0) is 14.8. The van der Waals surface area contributed by atoms with Gasteiger partial charge in [-0.05, 0) is 48.6 Å². The topological polar surface area (TPSA) is 15.3 Å². The van der Waals surface area contributed by atoms with E-state index in [4.69, 9.17) is 0 Å². The number of benzene rings is 2. The molecule has 0 aliphatic heterocycles. The Kier molecular flexibility index (Phi) is 4.20. The molecule has 0 saturated carbocycles. The van der Waals surface area contributed by atoms with E-state index >= 15 is 0 Å². The van der Waals surface area contributed by atoms with E-state index in [1.54, 1.807) is 0 Å². The summed E-state index contributed by atoms with van der Waals surface area (Å²) in [6.45, 7) is 0. The van der Waals surface area contributed by atoms with Crippen LogP contribution in [0, 0.1) is 0 Å². The molecule has 0 bridgehead atoms. The third-order valence-electron chi connectivity index (χ3n) is 4.14. The number of nitrogens with zero attached hydrogens (tertiary/aromatic N) is 1. The zero-order valence-corrected chi connectivity index (χ0v) is 14.2. The van der Waals surface area contributed by atoms with Crippen molar-refractivity contribution in [1.29, 1.82) is 0 Å². The number of aryl methyl sites for hydroxylation is 1. The van der Waals surface area contributed by atoms with E-state index in [2.05, 4.69) is 82.7 Å². The van der Waals surface area contributed by atoms with E-state index < -0.39 is 0 Å². The molecule has 0 spiro atoms. The van der Waals surface area contributed by atoms with Crippen LogP contribution in [0.25, 0.3) is 0 Å². The highest BCUT2D eigenvalue weighted by Crippen LogP contribution is 2.36. The third kappa shape index (κ3) is 3.08. The largest absolute Gasteiger partial charge is 0.377 e. The van der Waals surface area contributed by atoms with Gasteiger partial charge in [-0.1, -0.05) is 40.2 Å². The average Bonchev–Trinajstić information content (AvgIpc) is 2.47. The summed E-state index contributed by atoms with van der Waals surface area (Å²) in [6, 6.07) is 15.6. The van der Waals surface area contributed by atoms with Crippen LogP contribution in [0.1, 0.15) is 30.0 Å². The Morgan fingerprint density at radius 1 is 1.14 bits per heavy atom. The van der Waals surface area contributed by atoms with Crippen LogP contribution in [0.3, 0.4) is 0 Å². The summed E-state index contributed by atoms with van der Waals surface area (Å²) in [6.07, 6.45) is 3.64. The van der Waals surface area contributed by atoms with E-state index in [0.29, 0.717) is 6.04 Å². The fourth-order valence-electron chi connectivity index (χ4n) is 3.11. The van der Waals surface area contributed by atoms with Crippen molar-refractivity contribution < 1.29 is 0 Å². The van der Waals surface area contributed by atoms with Crippen LogP contribution in [0.4, 0.5) is 11.4 Å². The Hall–Kier alpha value is -1.48. The summed E-state index contributed by atoms with van der Waals surface area (Å²) >= 11 is 3.58. The van der Waals surface area contributed by atoms with Crippen molar-refractivity contribution in [3.8, 4) is 0 Å². The summed E-state index contributed by atoms with van der Waals surface area (Å²) in [5.41, 5.74) is 5.36. The van der Waals surface area contributed by atoms with Crippen molar-refractivity contribution in [1.82, 2.24) is 0 Å². The second kappa shape index (κ2) is 6.10. The molecule has 0 heterocycles. The Morgan fingerprint density at radius 2 is 1.95 bits per heavy atom. The predicted octanol–water partition coefficient (Wildman–Crippen LogP) is 5.00. The first-order valence-corrected chi connectivity index (χ1v) is 8.25. The number of rotatable bonds is 3. The molecule has 0 fully saturated rings. The van der Waals surface area contributed by atoms with E-state index in [0.717, 1.165) is 4.47 Å². The maximum absolute atomic E-state index is 3.76. The lowest BCUT2D eigenvalue weighted by Gasteiger charge is -2.29. The fraction of sp³-hybridized carbons (Fsp3) is 0.333. The van der Waals surface area contributed by atoms with Crippen molar-refractivity contribution in [2.24, 2.45) is 0 Å². The van der Waals surface area contributed by atoms with Crippen molar-refractivity contribution >= 4 is 27.3 Å². The number of hydrogen-bond acceptors (Lipinski definition) is 2. The van der Waals surface area contributed by atoms with Gasteiger partial charge in [0.05, 0.1) is 17.4 Å². The van der Waals surface area contributed by atoms with Gasteiger partial charge in [0.15, 0.2) is 0 Å². The minimum absolute atomic E-state index is 0.406. The highest BCUT2D eigenvalue weighted by atomic mass is 79.9. The molecule has 1 atom stereocenters. The van der Waals surface area contributed by atoms with Gasteiger partial charge in [-0.15, -0.1) is 0 Å². The van der Waals surface area contributed by atoms with Gasteiger partial charge in [0, 0.05) is 18.6 Å². The number of hydrogen-bond donors (Lipinski definition) is 1. The van der Waals surface area contributed by atoms with Gasteiger partial charge in [0.2, 0.25) is 0 Å². The smallest absolute Gasteiger partial charge is 0.0597 e. The van der Waals surface area contributed by atoms with Crippen LogP contribution in [0.5, 0.6) is 0 Å². The summed E-state index contributed by atoms with van der Waals surface area (Å²) in [4.78, 5) is 2.16. The summed E-state index contributed by atoms with van der Waals surface area (Å²) in [5.74, 6) is 0. The molecular formula is C18H21BrN2. The highest BCUT2D eigenvalue weighted by Gasteiger charge is 2.20. The van der Waals surface area contributed by atoms with Gasteiger partial charge < -0.3 is 10.2 Å². The predicted molar refractivity (Wildman–Crippen MR) is 94.2 cm³/mol. The monoisotopic (exact) mass is 344 g/mol. The number of nitrogens with one attached hydrogen (secondary N) is 1. The molecule has 0 radical (unpaired) electrons. The SMILES string of the molecule is CN(C)c1ccc(Br)cc1NC1CCCc2ccccc21. The van der Waals surface area contributed by atoms with Gasteiger partial charge in [0.25, 0.3) is 0 Å². The Morgan fingerprint density at radius 3 is 2.76 bits per heavy atom. The molecule has 2 aromatic carbocycles. The van der Waals surface area contributed by atoms with Gasteiger partial charge >= 0.3 is 0 Å². The summed E-state index contributed by atoms with van der Waals surface area (Å²) < 4.78 is 1.11. The Bertz CT molecular complexity index is 637. The lowest BCUT2D eigenvalue weighted by atomic mass is 9.87. The Labute approximate surface area is 135 Å². The fourth-order valence-corrected chi connectivity index (χ4v) is 3.47. The van der Waals surface area contributed by atoms with Crippen molar-refractivity contribution in [2.45, 2.75) is 25.3 Å². The molecule has 0 amide bonds. The van der Waals surface area contributed by atoms with Crippen LogP contribution >= 0.6 is 15.9 Å². The molecule has 3 rings (SSSR count). The average molecular weight is 345 g/mol. The van der Waals surface area contributed by atoms with E-state index in [1.807, 2.05) is 0 Å². The molecule has 0 aromatic heterocycles. The van der Waals surface area contributed by atoms with Gasteiger partial charge in [-0.2, -0.15) is 0 Å². The van der Waals surface area contributed by atoms with Gasteiger partial charge in [-0.3, -0.25) is 0 Å². The maximum atomic E-state index is 3.76. The van der Waals surface area contributed by atoms with Crippen molar-refractivity contribution in [3.05, 3.63) is 58.1 Å². The molecule has 2 aromatic rings. The molecule has 21 heavy (non-hydrogen) atoms. The summed E-state index contributed by atoms with van der Waals surface area (Å²) in [7, 11) is 4.17. The molecule has 3 heteroatoms. The molecular weight excluding hydrogens is 324 g/mol. The number of halogens is 1. The molecule has 1 unspecified atom stereocenters. The molecule has 1 N–H and O–H groups in total. The minimum Gasteiger partial charge on any atom is -0.377 e. The first kappa shape index (κ1) is 14.5. The molecule has 1 aliphatic carbocycles. The quantitative estimate of drug-likeness (QED) is 0.842. The summed E-state index contributed by atoms with van der Waals surface area (Å²) in [5, 5.41) is 3.76. The normalized spacial score (nSPS) is 17.2. The van der Waals surface area contributed by atoms with Gasteiger partial charge in [-0.25, -0.2) is 0 Å². The van der Waals surface area contributed by atoms with E-state index in [-0.39, 0.29) is 0 Å². The molecule has 2 nitrogen and oxygen atoms in total. The lowest BCUT2D eigenvalue weighted by Crippen LogP contribution is -2.19. The second-order valence-corrected chi connectivity index (χ2v) is 6.76. The molecule has 110 valence electrons. The van der Waals surface area contributed by atoms with Crippen molar-refractivity contribution in [3.63, 3.8) is 0 Å². The first-order chi connectivity index (χ1) is 10.1. The lowest BCUT2D eigenvalue weighted by molar-refractivity contribution is 0.600. The van der Waals surface area contributed by atoms with Crippen LogP contribution in [-0.2, 0) is 6.42 Å². The maximum Gasteiger partial charge on any atom is 0.0597 e. The molecule has 1 aliphatic rings. The van der Waals surface area contributed by atoms with Crippen molar-refractivity contribution in [2.75, 3.05) is 24.3 Å². The zero-order valence-electron chi connectivity index (χ0n) is 12.6. The van der Waals surface area contributed by atoms with Crippen LogP contribution in [-0.4, -0.2) is 14.1 Å². The third-order valence-corrected chi connectivity index (χ3v) is 4.63. The molecule has 0 saturated heterocycles. The highest BCUT2D eigenvalue weighted by molar-refractivity contribution is 9.10. The first-order valence-electron chi connectivity index (χ1n) is 7.46. The standard InChI is InChI=1S/C18H21BrN2/c1-21(2)18-11-10-14(19)12-17(18)20-16-9-5-7-13-6-3-4-8-15(13)16/h3-4,6,8,10-12,16,20H,5,7,9H2,1-2H3.